The minimum atomic E-state index is -0.693. The number of nitrogens with two attached hydrogens (primary N) is 1. The molecule has 1 aliphatic heterocycles. The molecule has 0 aromatic heterocycles. The molecule has 2 aromatic rings. The minimum absolute atomic E-state index is 0.0495. The van der Waals surface area contributed by atoms with E-state index < -0.39 is 11.8 Å². The standard InChI is InChI=1S/C9H15N3O3.C9H11NO2.C7H8.C2H6/c10-7(13)5-8(14)11-6-9(15)12-3-1-2-4-12;11-7-10-6-5-8-1-3-9(12)4-2-8;1-7-5-3-2-4-6-7;1-2/h1-6H2,(H2,10,13)(H,11,14);1-4,7,12H,5-6H2,(H,10,11);2-6H,1H3;1-2H3. The van der Waals surface area contributed by atoms with Gasteiger partial charge in [0, 0.05) is 19.6 Å². The van der Waals surface area contributed by atoms with Crippen LogP contribution in [0.15, 0.2) is 54.6 Å². The molecule has 4 amide bonds. The Balaban J connectivity index is 0.000000520. The number of aromatic hydroxyl groups is 1. The second-order valence-electron chi connectivity index (χ2n) is 7.65. The highest BCUT2D eigenvalue weighted by atomic mass is 16.3. The van der Waals surface area contributed by atoms with Gasteiger partial charge >= 0.3 is 0 Å². The molecule has 1 aliphatic rings. The monoisotopic (exact) mass is 500 g/mol. The minimum Gasteiger partial charge on any atom is -0.508 e. The average molecular weight is 501 g/mol. The lowest BCUT2D eigenvalue weighted by atomic mass is 10.1. The van der Waals surface area contributed by atoms with E-state index in [1.54, 1.807) is 17.0 Å². The van der Waals surface area contributed by atoms with Crippen molar-refractivity contribution in [1.82, 2.24) is 15.5 Å². The number of phenolic OH excluding ortho intramolecular Hbond substituents is 1. The molecule has 9 nitrogen and oxygen atoms in total. The highest BCUT2D eigenvalue weighted by molar-refractivity contribution is 5.97. The van der Waals surface area contributed by atoms with Gasteiger partial charge in [-0.25, -0.2) is 0 Å². The van der Waals surface area contributed by atoms with Gasteiger partial charge in [0.15, 0.2) is 0 Å². The van der Waals surface area contributed by atoms with E-state index in [1.807, 2.05) is 44.2 Å². The summed E-state index contributed by atoms with van der Waals surface area (Å²) in [6, 6.07) is 17.2. The van der Waals surface area contributed by atoms with Gasteiger partial charge in [0.1, 0.15) is 12.2 Å². The molecule has 1 fully saturated rings. The normalized spacial score (nSPS) is 11.2. The van der Waals surface area contributed by atoms with Gasteiger partial charge in [-0.2, -0.15) is 0 Å². The van der Waals surface area contributed by atoms with E-state index in [4.69, 9.17) is 10.8 Å². The van der Waals surface area contributed by atoms with Crippen LogP contribution in [0, 0.1) is 6.92 Å². The first kappa shape index (κ1) is 32.1. The second kappa shape index (κ2) is 20.5. The largest absolute Gasteiger partial charge is 0.508 e. The molecule has 3 rings (SSSR count). The molecule has 0 saturated carbocycles. The van der Waals surface area contributed by atoms with Crippen molar-refractivity contribution in [2.24, 2.45) is 5.73 Å². The van der Waals surface area contributed by atoms with E-state index in [2.05, 4.69) is 29.7 Å². The molecule has 0 radical (unpaired) electrons. The third-order valence-electron chi connectivity index (χ3n) is 4.75. The van der Waals surface area contributed by atoms with Crippen LogP contribution in [0.2, 0.25) is 0 Å². The van der Waals surface area contributed by atoms with Crippen LogP contribution in [-0.4, -0.2) is 60.3 Å². The van der Waals surface area contributed by atoms with Crippen molar-refractivity contribution < 1.29 is 24.3 Å². The van der Waals surface area contributed by atoms with Crippen LogP contribution in [-0.2, 0) is 25.6 Å². The van der Waals surface area contributed by atoms with Gasteiger partial charge in [0.25, 0.3) is 0 Å². The summed E-state index contributed by atoms with van der Waals surface area (Å²) in [6.45, 7) is 8.18. The molecule has 5 N–H and O–H groups in total. The van der Waals surface area contributed by atoms with Crippen LogP contribution in [0.4, 0.5) is 0 Å². The molecule has 0 aliphatic carbocycles. The molecular weight excluding hydrogens is 460 g/mol. The van der Waals surface area contributed by atoms with Gasteiger partial charge in [-0.1, -0.05) is 61.9 Å². The van der Waals surface area contributed by atoms with Crippen molar-refractivity contribution >= 4 is 24.1 Å². The molecule has 1 heterocycles. The van der Waals surface area contributed by atoms with Crippen molar-refractivity contribution in [2.45, 2.75) is 46.5 Å². The molecule has 198 valence electrons. The number of primary amides is 1. The van der Waals surface area contributed by atoms with Crippen LogP contribution in [0.1, 0.15) is 44.2 Å². The second-order valence-corrected chi connectivity index (χ2v) is 7.65. The Hall–Kier alpha value is -3.88. The third kappa shape index (κ3) is 16.7. The maximum absolute atomic E-state index is 11.4. The van der Waals surface area contributed by atoms with Gasteiger partial charge in [-0.05, 0) is 43.9 Å². The Morgan fingerprint density at radius 3 is 2.06 bits per heavy atom. The fourth-order valence-corrected chi connectivity index (χ4v) is 2.95. The molecule has 0 atom stereocenters. The predicted octanol–water partition coefficient (Wildman–Crippen LogP) is 2.30. The van der Waals surface area contributed by atoms with E-state index in [0.29, 0.717) is 13.0 Å². The number of hydrogen-bond donors (Lipinski definition) is 4. The van der Waals surface area contributed by atoms with Crippen molar-refractivity contribution in [3.8, 4) is 5.75 Å². The number of nitrogens with zero attached hydrogens (tertiary/aromatic N) is 1. The third-order valence-corrected chi connectivity index (χ3v) is 4.75. The Bertz CT molecular complexity index is 883. The lowest BCUT2D eigenvalue weighted by Gasteiger charge is -2.15. The fourth-order valence-electron chi connectivity index (χ4n) is 2.95. The molecule has 9 heteroatoms. The number of carbonyl (C=O) groups excluding carboxylic acids is 4. The molecule has 36 heavy (non-hydrogen) atoms. The lowest BCUT2D eigenvalue weighted by molar-refractivity contribution is -0.133. The van der Waals surface area contributed by atoms with Gasteiger partial charge < -0.3 is 26.4 Å². The summed E-state index contributed by atoms with van der Waals surface area (Å²) in [5, 5.41) is 13.9. The first-order valence-electron chi connectivity index (χ1n) is 12.1. The zero-order valence-corrected chi connectivity index (χ0v) is 21.5. The van der Waals surface area contributed by atoms with Crippen LogP contribution in [0.3, 0.4) is 0 Å². The maximum Gasteiger partial charge on any atom is 0.241 e. The number of rotatable bonds is 8. The summed E-state index contributed by atoms with van der Waals surface area (Å²) in [5.74, 6) is -1.04. The predicted molar refractivity (Wildman–Crippen MR) is 141 cm³/mol. The highest BCUT2D eigenvalue weighted by Crippen LogP contribution is 2.09. The topological polar surface area (TPSA) is 142 Å². The molecule has 2 aromatic carbocycles. The van der Waals surface area contributed by atoms with Crippen molar-refractivity contribution in [3.63, 3.8) is 0 Å². The van der Waals surface area contributed by atoms with E-state index in [9.17, 15) is 19.2 Å². The van der Waals surface area contributed by atoms with E-state index in [1.165, 1.54) is 5.56 Å². The highest BCUT2D eigenvalue weighted by Gasteiger charge is 2.18. The first-order chi connectivity index (χ1) is 17.3. The summed E-state index contributed by atoms with van der Waals surface area (Å²) in [5.41, 5.74) is 7.25. The number of phenols is 1. The molecule has 0 unspecified atom stereocenters. The SMILES string of the molecule is CC.Cc1ccccc1.NC(=O)CC(=O)NCC(=O)N1CCCC1.O=CNCCc1ccc(O)cc1. The Labute approximate surface area is 214 Å². The van der Waals surface area contributed by atoms with Crippen LogP contribution in [0.5, 0.6) is 5.75 Å². The molecule has 0 bridgehead atoms. The zero-order chi connectivity index (χ0) is 27.2. The summed E-state index contributed by atoms with van der Waals surface area (Å²) < 4.78 is 0. The van der Waals surface area contributed by atoms with Crippen molar-refractivity contribution in [2.75, 3.05) is 26.2 Å². The summed E-state index contributed by atoms with van der Waals surface area (Å²) in [6.07, 6.45) is 3.13. The quantitative estimate of drug-likeness (QED) is 0.250. The number of aryl methyl sites for hydroxylation is 1. The first-order valence-corrected chi connectivity index (χ1v) is 12.1. The Kier molecular flexibility index (Phi) is 18.3. The summed E-state index contributed by atoms with van der Waals surface area (Å²) in [7, 11) is 0. The van der Waals surface area contributed by atoms with E-state index >= 15 is 0 Å². The van der Waals surface area contributed by atoms with Gasteiger partial charge in [0.05, 0.1) is 6.54 Å². The van der Waals surface area contributed by atoms with E-state index in [0.717, 1.165) is 37.9 Å². The maximum atomic E-state index is 11.4. The van der Waals surface area contributed by atoms with E-state index in [-0.39, 0.29) is 24.6 Å². The van der Waals surface area contributed by atoms with Crippen molar-refractivity contribution in [3.05, 3.63) is 65.7 Å². The molecule has 0 spiro atoms. The number of hydrogen-bond acceptors (Lipinski definition) is 5. The van der Waals surface area contributed by atoms with Gasteiger partial charge in [-0.15, -0.1) is 0 Å². The van der Waals surface area contributed by atoms with Crippen LogP contribution < -0.4 is 16.4 Å². The summed E-state index contributed by atoms with van der Waals surface area (Å²) >= 11 is 0. The lowest BCUT2D eigenvalue weighted by Crippen LogP contribution is -2.39. The number of nitrogens with one attached hydrogen (secondary N) is 2. The smallest absolute Gasteiger partial charge is 0.241 e. The Morgan fingerprint density at radius 2 is 1.58 bits per heavy atom. The van der Waals surface area contributed by atoms with Gasteiger partial charge in [0.2, 0.25) is 24.1 Å². The fraction of sp³-hybridized carbons (Fsp3) is 0.407. The number of likely N-dealkylation sites (tertiary alicyclic amines) is 1. The number of benzene rings is 2. The summed E-state index contributed by atoms with van der Waals surface area (Å²) in [4.78, 5) is 44.4. The van der Waals surface area contributed by atoms with Crippen LogP contribution in [0.25, 0.3) is 0 Å². The number of carbonyl (C=O) groups is 4. The van der Waals surface area contributed by atoms with Crippen molar-refractivity contribution in [1.29, 1.82) is 0 Å². The average Bonchev–Trinajstić information content (AvgIpc) is 3.41. The zero-order valence-electron chi connectivity index (χ0n) is 21.5. The number of amides is 4. The van der Waals surface area contributed by atoms with Crippen LogP contribution >= 0.6 is 0 Å². The Morgan fingerprint density at radius 1 is 1.00 bits per heavy atom. The molecular formula is C27H40N4O5. The molecule has 1 saturated heterocycles. The van der Waals surface area contributed by atoms with Gasteiger partial charge in [-0.3, -0.25) is 19.2 Å².